The highest BCUT2D eigenvalue weighted by Crippen LogP contribution is 2.33. The first-order valence-electron chi connectivity index (χ1n) is 6.20. The average Bonchev–Trinajstić information content (AvgIpc) is 2.92. The molecule has 0 saturated carbocycles. The van der Waals surface area contributed by atoms with Gasteiger partial charge in [-0.25, -0.2) is 12.8 Å². The van der Waals surface area contributed by atoms with Crippen LogP contribution in [0, 0.1) is 5.82 Å². The van der Waals surface area contributed by atoms with Crippen molar-refractivity contribution >= 4 is 15.7 Å². The molecule has 0 unspecified atom stereocenters. The van der Waals surface area contributed by atoms with Gasteiger partial charge in [-0.15, -0.1) is 0 Å². The largest absolute Gasteiger partial charge is 0.493 e. The van der Waals surface area contributed by atoms with Crippen LogP contribution in [-0.2, 0) is 17.1 Å². The third-order valence-electron chi connectivity index (χ3n) is 3.13. The number of hydrogen-bond donors (Lipinski definition) is 0. The molecule has 22 heavy (non-hydrogen) atoms. The van der Waals surface area contributed by atoms with Crippen molar-refractivity contribution in [1.82, 2.24) is 9.78 Å². The maximum absolute atomic E-state index is 14.2. The Bertz CT molecular complexity index is 789. The van der Waals surface area contributed by atoms with Gasteiger partial charge in [-0.1, -0.05) is 0 Å². The number of ether oxygens (including phenoxy) is 2. The lowest BCUT2D eigenvalue weighted by molar-refractivity contribution is 0.350. The molecule has 0 atom stereocenters. The molecule has 0 aliphatic heterocycles. The molecular weight excluding hydrogens is 313 g/mol. The smallest absolute Gasteiger partial charge is 0.267 e. The molecule has 0 N–H and O–H groups in total. The summed E-state index contributed by atoms with van der Waals surface area (Å²) < 4.78 is 51.7. The molecule has 1 aromatic heterocycles. The van der Waals surface area contributed by atoms with Crippen LogP contribution in [0.5, 0.6) is 11.5 Å². The maximum atomic E-state index is 14.2. The lowest BCUT2D eigenvalue weighted by atomic mass is 10.3. The number of sulfonamides is 1. The second kappa shape index (κ2) is 5.84. The van der Waals surface area contributed by atoms with Gasteiger partial charge in [-0.05, 0) is 0 Å². The summed E-state index contributed by atoms with van der Waals surface area (Å²) in [6.07, 6.45) is 2.88. The molecule has 0 saturated heterocycles. The molecule has 0 aliphatic carbocycles. The number of benzene rings is 1. The molecule has 0 spiro atoms. The fourth-order valence-electron chi connectivity index (χ4n) is 1.89. The highest BCUT2D eigenvalue weighted by atomic mass is 32.2. The summed E-state index contributed by atoms with van der Waals surface area (Å²) >= 11 is 0. The van der Waals surface area contributed by atoms with Gasteiger partial charge in [-0.3, -0.25) is 8.99 Å². The molecule has 9 heteroatoms. The standard InChI is InChI=1S/C13H16FN3O4S/c1-16-8-9(7-15-16)17(2)22(18,19)13-6-12(21-4)11(20-3)5-10(13)14/h5-8H,1-4H3. The minimum atomic E-state index is -4.10. The van der Waals surface area contributed by atoms with E-state index in [2.05, 4.69) is 5.10 Å². The van der Waals surface area contributed by atoms with E-state index >= 15 is 0 Å². The van der Waals surface area contributed by atoms with Gasteiger partial charge in [0, 0.05) is 32.4 Å². The van der Waals surface area contributed by atoms with Gasteiger partial charge in [0.25, 0.3) is 10.0 Å². The zero-order valence-corrected chi connectivity index (χ0v) is 13.4. The van der Waals surface area contributed by atoms with E-state index < -0.39 is 20.7 Å². The zero-order chi connectivity index (χ0) is 16.5. The van der Waals surface area contributed by atoms with Crippen molar-refractivity contribution in [2.45, 2.75) is 4.90 Å². The van der Waals surface area contributed by atoms with Crippen molar-refractivity contribution in [3.05, 3.63) is 30.3 Å². The van der Waals surface area contributed by atoms with E-state index in [1.807, 2.05) is 0 Å². The Labute approximate surface area is 127 Å². The fraction of sp³-hybridized carbons (Fsp3) is 0.308. The quantitative estimate of drug-likeness (QED) is 0.829. The van der Waals surface area contributed by atoms with Crippen LogP contribution in [0.4, 0.5) is 10.1 Å². The van der Waals surface area contributed by atoms with E-state index in [1.54, 1.807) is 7.05 Å². The number of rotatable bonds is 5. The third-order valence-corrected chi connectivity index (χ3v) is 4.93. The van der Waals surface area contributed by atoms with Crippen molar-refractivity contribution in [1.29, 1.82) is 0 Å². The first kappa shape index (κ1) is 16.1. The summed E-state index contributed by atoms with van der Waals surface area (Å²) in [6.45, 7) is 0. The Morgan fingerprint density at radius 1 is 1.23 bits per heavy atom. The van der Waals surface area contributed by atoms with Crippen molar-refractivity contribution in [2.24, 2.45) is 7.05 Å². The van der Waals surface area contributed by atoms with E-state index in [-0.39, 0.29) is 11.5 Å². The molecule has 2 aromatic rings. The Kier molecular flexibility index (Phi) is 4.27. The van der Waals surface area contributed by atoms with E-state index in [4.69, 9.17) is 9.47 Å². The van der Waals surface area contributed by atoms with Gasteiger partial charge in [0.1, 0.15) is 10.7 Å². The predicted molar refractivity (Wildman–Crippen MR) is 78.3 cm³/mol. The first-order chi connectivity index (χ1) is 10.3. The highest BCUT2D eigenvalue weighted by molar-refractivity contribution is 7.92. The Morgan fingerprint density at radius 2 is 1.82 bits per heavy atom. The monoisotopic (exact) mass is 329 g/mol. The topological polar surface area (TPSA) is 73.7 Å². The SMILES string of the molecule is COc1cc(F)c(S(=O)(=O)N(C)c2cnn(C)c2)cc1OC. The summed E-state index contributed by atoms with van der Waals surface area (Å²) in [5.74, 6) is -0.682. The molecule has 1 heterocycles. The van der Waals surface area contributed by atoms with Crippen LogP contribution >= 0.6 is 0 Å². The van der Waals surface area contributed by atoms with Gasteiger partial charge < -0.3 is 9.47 Å². The van der Waals surface area contributed by atoms with E-state index in [0.29, 0.717) is 5.69 Å². The minimum Gasteiger partial charge on any atom is -0.493 e. The van der Waals surface area contributed by atoms with Gasteiger partial charge in [0.15, 0.2) is 11.5 Å². The Balaban J connectivity index is 2.54. The van der Waals surface area contributed by atoms with Crippen LogP contribution in [0.3, 0.4) is 0 Å². The van der Waals surface area contributed by atoms with Gasteiger partial charge in [-0.2, -0.15) is 5.10 Å². The molecule has 2 rings (SSSR count). The van der Waals surface area contributed by atoms with Crippen LogP contribution in [0.1, 0.15) is 0 Å². The van der Waals surface area contributed by atoms with Gasteiger partial charge >= 0.3 is 0 Å². The molecule has 0 aliphatic rings. The summed E-state index contributed by atoms with van der Waals surface area (Å²) in [7, 11) is 1.56. The van der Waals surface area contributed by atoms with Crippen molar-refractivity contribution < 1.29 is 22.3 Å². The summed E-state index contributed by atoms with van der Waals surface area (Å²) in [5, 5.41) is 3.90. The fourth-order valence-corrected chi connectivity index (χ4v) is 3.12. The van der Waals surface area contributed by atoms with Gasteiger partial charge in [0.05, 0.1) is 26.1 Å². The molecule has 0 fully saturated rings. The predicted octanol–water partition coefficient (Wildman–Crippen LogP) is 1.40. The molecule has 7 nitrogen and oxygen atoms in total. The zero-order valence-electron chi connectivity index (χ0n) is 12.6. The van der Waals surface area contributed by atoms with Crippen molar-refractivity contribution in [3.63, 3.8) is 0 Å². The second-order valence-electron chi connectivity index (χ2n) is 4.48. The minimum absolute atomic E-state index is 0.114. The average molecular weight is 329 g/mol. The van der Waals surface area contributed by atoms with E-state index in [1.165, 1.54) is 38.3 Å². The number of anilines is 1. The number of hydrogen-bond acceptors (Lipinski definition) is 5. The molecule has 120 valence electrons. The second-order valence-corrected chi connectivity index (χ2v) is 6.42. The first-order valence-corrected chi connectivity index (χ1v) is 7.64. The van der Waals surface area contributed by atoms with Crippen molar-refractivity contribution in [2.75, 3.05) is 25.6 Å². The highest BCUT2D eigenvalue weighted by Gasteiger charge is 2.28. The van der Waals surface area contributed by atoms with Crippen LogP contribution in [-0.4, -0.2) is 39.5 Å². The number of methoxy groups -OCH3 is 2. The number of aromatic nitrogens is 2. The van der Waals surface area contributed by atoms with E-state index in [0.717, 1.165) is 16.4 Å². The molecule has 0 amide bonds. The third kappa shape index (κ3) is 2.71. The molecule has 1 aromatic carbocycles. The number of nitrogens with zero attached hydrogens (tertiary/aromatic N) is 3. The summed E-state index contributed by atoms with van der Waals surface area (Å²) in [6, 6.07) is 2.07. The number of aryl methyl sites for hydroxylation is 1. The molecular formula is C13H16FN3O4S. The van der Waals surface area contributed by atoms with Crippen LogP contribution in [0.25, 0.3) is 0 Å². The normalized spacial score (nSPS) is 11.3. The van der Waals surface area contributed by atoms with Crippen LogP contribution < -0.4 is 13.8 Å². The Hall–Kier alpha value is -2.29. The van der Waals surface area contributed by atoms with Crippen molar-refractivity contribution in [3.8, 4) is 11.5 Å². The van der Waals surface area contributed by atoms with E-state index in [9.17, 15) is 12.8 Å². The molecule has 0 bridgehead atoms. The Morgan fingerprint density at radius 3 is 2.32 bits per heavy atom. The molecule has 0 radical (unpaired) electrons. The lowest BCUT2D eigenvalue weighted by Crippen LogP contribution is -2.27. The van der Waals surface area contributed by atoms with Crippen LogP contribution in [0.2, 0.25) is 0 Å². The summed E-state index contributed by atoms with van der Waals surface area (Å²) in [4.78, 5) is -0.503. The van der Waals surface area contributed by atoms with Crippen LogP contribution in [0.15, 0.2) is 29.4 Å². The maximum Gasteiger partial charge on any atom is 0.267 e. The lowest BCUT2D eigenvalue weighted by Gasteiger charge is -2.19. The summed E-state index contributed by atoms with van der Waals surface area (Å²) in [5.41, 5.74) is 0.316. The number of halogens is 1. The van der Waals surface area contributed by atoms with Gasteiger partial charge in [0.2, 0.25) is 0 Å².